The smallest absolute Gasteiger partial charge is 0.295 e. The molecule has 2 saturated carbocycles. The van der Waals surface area contributed by atoms with Crippen LogP contribution in [0.25, 0.3) is 22.6 Å². The van der Waals surface area contributed by atoms with E-state index < -0.39 is 9.84 Å². The minimum Gasteiger partial charge on any atom is -0.480 e. The van der Waals surface area contributed by atoms with Gasteiger partial charge in [0.05, 0.1) is 31.3 Å². The van der Waals surface area contributed by atoms with Gasteiger partial charge in [-0.2, -0.15) is 0 Å². The lowest BCUT2D eigenvalue weighted by Crippen LogP contribution is -2.29. The fourth-order valence-corrected chi connectivity index (χ4v) is 5.50. The van der Waals surface area contributed by atoms with Gasteiger partial charge in [0.15, 0.2) is 27.1 Å². The molecule has 208 valence electrons. The van der Waals surface area contributed by atoms with E-state index in [4.69, 9.17) is 9.72 Å². The van der Waals surface area contributed by atoms with E-state index in [1.165, 1.54) is 18.7 Å². The van der Waals surface area contributed by atoms with Crippen LogP contribution in [0.4, 0.5) is 5.82 Å². The zero-order chi connectivity index (χ0) is 28.0. The number of nitrogens with one attached hydrogen (secondary N) is 1. The Morgan fingerprint density at radius 2 is 1.80 bits per heavy atom. The number of methoxy groups -OCH3 is 1. The van der Waals surface area contributed by atoms with Crippen molar-refractivity contribution in [2.24, 2.45) is 5.92 Å². The first-order chi connectivity index (χ1) is 19.3. The second kappa shape index (κ2) is 10.2. The van der Waals surface area contributed by atoms with E-state index in [-0.39, 0.29) is 34.6 Å². The Morgan fingerprint density at radius 3 is 2.45 bits per heavy atom. The third kappa shape index (κ3) is 4.87. The van der Waals surface area contributed by atoms with Gasteiger partial charge >= 0.3 is 0 Å². The highest BCUT2D eigenvalue weighted by atomic mass is 32.2. The molecule has 40 heavy (non-hydrogen) atoms. The SMILES string of the molecule is CCS(=O)(=O)c1cnc(CNc2nc3cnc(-c4c(OC)ncnc4C4CC4)nc3n(C(C)C3CC3)c2=O)nc1. The topological polar surface area (TPSA) is 168 Å². The van der Waals surface area contributed by atoms with E-state index in [2.05, 4.69) is 35.2 Å². The van der Waals surface area contributed by atoms with E-state index in [1.54, 1.807) is 24.8 Å². The van der Waals surface area contributed by atoms with Crippen molar-refractivity contribution in [2.75, 3.05) is 18.2 Å². The van der Waals surface area contributed by atoms with Crippen molar-refractivity contribution in [1.29, 1.82) is 0 Å². The average Bonchev–Trinajstić information content (AvgIpc) is 3.89. The average molecular weight is 564 g/mol. The summed E-state index contributed by atoms with van der Waals surface area (Å²) in [7, 11) is -1.85. The van der Waals surface area contributed by atoms with Crippen molar-refractivity contribution >= 4 is 26.8 Å². The highest BCUT2D eigenvalue weighted by molar-refractivity contribution is 7.91. The predicted molar refractivity (Wildman–Crippen MR) is 146 cm³/mol. The molecule has 4 aromatic rings. The molecule has 0 radical (unpaired) electrons. The molecule has 1 atom stereocenters. The van der Waals surface area contributed by atoms with Gasteiger partial charge in [-0.1, -0.05) is 6.92 Å². The lowest BCUT2D eigenvalue weighted by Gasteiger charge is -2.19. The molecule has 2 aliphatic rings. The van der Waals surface area contributed by atoms with Gasteiger partial charge in [0, 0.05) is 24.4 Å². The van der Waals surface area contributed by atoms with Crippen LogP contribution >= 0.6 is 0 Å². The van der Waals surface area contributed by atoms with Gasteiger partial charge < -0.3 is 10.1 Å². The van der Waals surface area contributed by atoms with E-state index in [9.17, 15) is 13.2 Å². The number of nitrogens with zero attached hydrogens (tertiary/aromatic N) is 8. The minimum absolute atomic E-state index is 0.0383. The summed E-state index contributed by atoms with van der Waals surface area (Å²) in [5, 5.41) is 3.03. The first-order valence-corrected chi connectivity index (χ1v) is 14.9. The molecule has 0 aliphatic heterocycles. The van der Waals surface area contributed by atoms with Crippen LogP contribution in [-0.4, -0.2) is 60.7 Å². The first-order valence-electron chi connectivity index (χ1n) is 13.3. The Labute approximate surface area is 230 Å². The van der Waals surface area contributed by atoms with Gasteiger partial charge in [-0.15, -0.1) is 0 Å². The molecule has 6 rings (SSSR count). The highest BCUT2D eigenvalue weighted by Crippen LogP contribution is 2.45. The molecule has 4 aromatic heterocycles. The van der Waals surface area contributed by atoms with E-state index in [0.717, 1.165) is 31.4 Å². The first kappa shape index (κ1) is 26.2. The number of aromatic nitrogens is 8. The Kier molecular flexibility index (Phi) is 6.64. The predicted octanol–water partition coefficient (Wildman–Crippen LogP) is 2.70. The highest BCUT2D eigenvalue weighted by Gasteiger charge is 2.34. The molecular weight excluding hydrogens is 534 g/mol. The number of hydrogen-bond acceptors (Lipinski definition) is 12. The van der Waals surface area contributed by atoms with Crippen molar-refractivity contribution < 1.29 is 13.2 Å². The Bertz CT molecular complexity index is 1750. The van der Waals surface area contributed by atoms with Crippen LogP contribution < -0.4 is 15.6 Å². The molecule has 1 N–H and O–H groups in total. The maximum absolute atomic E-state index is 13.8. The van der Waals surface area contributed by atoms with Crippen LogP contribution in [0.5, 0.6) is 5.88 Å². The minimum atomic E-state index is -3.40. The van der Waals surface area contributed by atoms with Gasteiger partial charge in [-0.25, -0.2) is 43.3 Å². The number of fused-ring (bicyclic) bond motifs is 1. The lowest BCUT2D eigenvalue weighted by atomic mass is 10.1. The summed E-state index contributed by atoms with van der Waals surface area (Å²) in [4.78, 5) is 44.9. The number of anilines is 1. The van der Waals surface area contributed by atoms with Crippen LogP contribution in [0.3, 0.4) is 0 Å². The molecule has 1 unspecified atom stereocenters. The maximum atomic E-state index is 13.8. The molecule has 4 heterocycles. The Morgan fingerprint density at radius 1 is 1.05 bits per heavy atom. The van der Waals surface area contributed by atoms with Gasteiger partial charge in [0.25, 0.3) is 5.56 Å². The second-order valence-electron chi connectivity index (χ2n) is 10.1. The molecule has 0 bridgehead atoms. The van der Waals surface area contributed by atoms with E-state index >= 15 is 0 Å². The van der Waals surface area contributed by atoms with Crippen molar-refractivity contribution in [3.63, 3.8) is 0 Å². The molecule has 2 aliphatic carbocycles. The quantitative estimate of drug-likeness (QED) is 0.300. The summed E-state index contributed by atoms with van der Waals surface area (Å²) in [6.07, 6.45) is 9.76. The van der Waals surface area contributed by atoms with Gasteiger partial charge in [0.2, 0.25) is 5.88 Å². The second-order valence-corrected chi connectivity index (χ2v) is 12.4. The van der Waals surface area contributed by atoms with Crippen molar-refractivity contribution in [1.82, 2.24) is 39.5 Å². The summed E-state index contributed by atoms with van der Waals surface area (Å²) in [6, 6.07) is -0.104. The number of rotatable bonds is 10. The fourth-order valence-electron chi connectivity index (χ4n) is 4.74. The fraction of sp³-hybridized carbons (Fsp3) is 0.462. The third-order valence-corrected chi connectivity index (χ3v) is 9.09. The summed E-state index contributed by atoms with van der Waals surface area (Å²) in [5.74, 6) is 1.86. The van der Waals surface area contributed by atoms with Gasteiger partial charge in [-0.3, -0.25) is 9.36 Å². The van der Waals surface area contributed by atoms with Crippen LogP contribution in [0.2, 0.25) is 0 Å². The van der Waals surface area contributed by atoms with Crippen LogP contribution in [0.1, 0.15) is 63.0 Å². The molecule has 2 fully saturated rings. The lowest BCUT2D eigenvalue weighted by molar-refractivity contribution is 0.397. The Hall–Kier alpha value is -4.07. The molecule has 14 heteroatoms. The summed E-state index contributed by atoms with van der Waals surface area (Å²) < 4.78 is 31.3. The molecule has 0 amide bonds. The van der Waals surface area contributed by atoms with Crippen molar-refractivity contribution in [3.8, 4) is 17.3 Å². The summed E-state index contributed by atoms with van der Waals surface area (Å²) in [5.41, 5.74) is 2.05. The molecular formula is C26H29N9O4S. The Balaban J connectivity index is 1.39. The summed E-state index contributed by atoms with van der Waals surface area (Å²) >= 11 is 0. The molecule has 13 nitrogen and oxygen atoms in total. The monoisotopic (exact) mass is 563 g/mol. The summed E-state index contributed by atoms with van der Waals surface area (Å²) in [6.45, 7) is 3.66. The van der Waals surface area contributed by atoms with Crippen LogP contribution in [0.15, 0.2) is 34.6 Å². The van der Waals surface area contributed by atoms with Crippen molar-refractivity contribution in [2.45, 2.75) is 62.9 Å². The molecule has 0 saturated heterocycles. The van der Waals surface area contributed by atoms with Crippen LogP contribution in [0, 0.1) is 5.92 Å². The normalized spacial score (nSPS) is 16.2. The zero-order valence-electron chi connectivity index (χ0n) is 22.4. The maximum Gasteiger partial charge on any atom is 0.295 e. The molecule has 0 spiro atoms. The number of ether oxygens (including phenoxy) is 1. The standard InChI is InChI=1S/C26H29N9O4S/c1-4-40(37,38)17-9-27-19(28-10-17)12-30-23-26(36)35(14(2)15-5-6-15)24-18(33-23)11-29-22(34-24)20-21(16-7-8-16)31-13-32-25(20)39-3/h9-11,13-16H,4-8,12H2,1-3H3,(H,30,33). The molecule has 0 aromatic carbocycles. The third-order valence-electron chi connectivity index (χ3n) is 7.40. The van der Waals surface area contributed by atoms with Crippen molar-refractivity contribution in [3.05, 3.63) is 46.8 Å². The van der Waals surface area contributed by atoms with Gasteiger partial charge in [-0.05, 0) is 38.5 Å². The van der Waals surface area contributed by atoms with Gasteiger partial charge in [0.1, 0.15) is 28.1 Å². The van der Waals surface area contributed by atoms with E-state index in [1.807, 2.05) is 6.92 Å². The van der Waals surface area contributed by atoms with E-state index in [0.29, 0.717) is 46.1 Å². The zero-order valence-corrected chi connectivity index (χ0v) is 23.2. The van der Waals surface area contributed by atoms with Crippen LogP contribution in [-0.2, 0) is 16.4 Å². The number of sulfone groups is 1. The largest absolute Gasteiger partial charge is 0.480 e. The number of hydrogen-bond donors (Lipinski definition) is 1.